The lowest BCUT2D eigenvalue weighted by atomic mass is 9.98. The predicted molar refractivity (Wildman–Crippen MR) is 107 cm³/mol. The average molecular weight is 362 g/mol. The first-order valence-corrected chi connectivity index (χ1v) is 8.74. The summed E-state index contributed by atoms with van der Waals surface area (Å²) in [4.78, 5) is 20.1. The molecule has 138 valence electrons. The zero-order valence-electron chi connectivity index (χ0n) is 15.5. The molecule has 0 aliphatic rings. The van der Waals surface area contributed by atoms with Gasteiger partial charge in [0.25, 0.3) is 0 Å². The molecule has 6 nitrogen and oxygen atoms in total. The molecule has 1 aromatic heterocycles. The topological polar surface area (TPSA) is 87.1 Å². The van der Waals surface area contributed by atoms with Crippen LogP contribution in [0.4, 0.5) is 23.1 Å². The van der Waals surface area contributed by atoms with E-state index in [-0.39, 0.29) is 5.56 Å². The van der Waals surface area contributed by atoms with Gasteiger partial charge in [0.05, 0.1) is 11.3 Å². The van der Waals surface area contributed by atoms with Gasteiger partial charge in [-0.15, -0.1) is 0 Å². The quantitative estimate of drug-likeness (QED) is 0.566. The third kappa shape index (κ3) is 4.23. The second-order valence-corrected chi connectivity index (χ2v) is 6.56. The van der Waals surface area contributed by atoms with E-state index in [1.807, 2.05) is 19.1 Å². The number of benzene rings is 2. The molecular weight excluding hydrogens is 340 g/mol. The van der Waals surface area contributed by atoms with E-state index in [4.69, 9.17) is 0 Å². The zero-order valence-corrected chi connectivity index (χ0v) is 15.5. The number of nitrogens with zero attached hydrogens (tertiary/aromatic N) is 2. The number of aromatic nitrogens is 2. The van der Waals surface area contributed by atoms with E-state index in [0.29, 0.717) is 23.4 Å². The van der Waals surface area contributed by atoms with Crippen molar-refractivity contribution in [3.63, 3.8) is 0 Å². The van der Waals surface area contributed by atoms with E-state index in [1.54, 1.807) is 36.5 Å². The molecule has 0 saturated carbocycles. The summed E-state index contributed by atoms with van der Waals surface area (Å²) in [5.41, 5.74) is 3.96. The average Bonchev–Trinajstić information content (AvgIpc) is 2.64. The van der Waals surface area contributed by atoms with E-state index in [9.17, 15) is 9.90 Å². The van der Waals surface area contributed by atoms with Crippen molar-refractivity contribution >= 4 is 29.1 Å². The number of para-hydroxylation sites is 2. The maximum Gasteiger partial charge on any atom is 0.337 e. The number of carboxylic acid groups (broad SMARTS) is 1. The van der Waals surface area contributed by atoms with Crippen LogP contribution in [-0.2, 0) is 0 Å². The Bertz CT molecular complexity index is 970. The molecule has 0 aliphatic carbocycles. The Hall–Kier alpha value is -3.41. The number of anilines is 4. The highest BCUT2D eigenvalue weighted by Crippen LogP contribution is 2.29. The highest BCUT2D eigenvalue weighted by atomic mass is 16.4. The van der Waals surface area contributed by atoms with Gasteiger partial charge in [-0.2, -0.15) is 4.98 Å². The maximum absolute atomic E-state index is 11.4. The van der Waals surface area contributed by atoms with E-state index in [1.165, 1.54) is 5.56 Å². The lowest BCUT2D eigenvalue weighted by molar-refractivity contribution is 0.0698. The Balaban J connectivity index is 1.89. The second kappa shape index (κ2) is 7.86. The molecule has 0 saturated heterocycles. The predicted octanol–water partition coefficient (Wildman–Crippen LogP) is 5.09. The molecule has 27 heavy (non-hydrogen) atoms. The molecule has 2 aromatic carbocycles. The summed E-state index contributed by atoms with van der Waals surface area (Å²) in [6.45, 7) is 6.32. The molecule has 1 heterocycles. The zero-order chi connectivity index (χ0) is 19.4. The molecule has 3 N–H and O–H groups in total. The van der Waals surface area contributed by atoms with Crippen LogP contribution in [0.2, 0.25) is 0 Å². The van der Waals surface area contributed by atoms with Crippen molar-refractivity contribution in [2.45, 2.75) is 26.7 Å². The van der Waals surface area contributed by atoms with Crippen LogP contribution in [0, 0.1) is 6.92 Å². The van der Waals surface area contributed by atoms with Crippen molar-refractivity contribution in [1.29, 1.82) is 0 Å². The minimum Gasteiger partial charge on any atom is -0.478 e. The molecule has 0 spiro atoms. The molecule has 0 bridgehead atoms. The Morgan fingerprint density at radius 1 is 1.04 bits per heavy atom. The van der Waals surface area contributed by atoms with Crippen molar-refractivity contribution in [1.82, 2.24) is 9.97 Å². The van der Waals surface area contributed by atoms with Crippen LogP contribution in [0.1, 0.15) is 41.3 Å². The summed E-state index contributed by atoms with van der Waals surface area (Å²) in [5, 5.41) is 15.7. The van der Waals surface area contributed by atoms with Crippen molar-refractivity contribution < 1.29 is 9.90 Å². The minimum atomic E-state index is -0.994. The van der Waals surface area contributed by atoms with Gasteiger partial charge in [0.15, 0.2) is 0 Å². The van der Waals surface area contributed by atoms with Gasteiger partial charge in [0.1, 0.15) is 5.82 Å². The summed E-state index contributed by atoms with van der Waals surface area (Å²) in [7, 11) is 0. The Morgan fingerprint density at radius 3 is 2.56 bits per heavy atom. The highest BCUT2D eigenvalue weighted by Gasteiger charge is 2.12. The summed E-state index contributed by atoms with van der Waals surface area (Å²) >= 11 is 0. The van der Waals surface area contributed by atoms with Gasteiger partial charge in [-0.3, -0.25) is 0 Å². The molecule has 3 aromatic rings. The third-order valence-electron chi connectivity index (χ3n) is 4.24. The molecule has 0 radical (unpaired) electrons. The molecule has 3 rings (SSSR count). The van der Waals surface area contributed by atoms with Crippen LogP contribution in [-0.4, -0.2) is 21.0 Å². The first-order chi connectivity index (χ1) is 13.0. The van der Waals surface area contributed by atoms with Crippen LogP contribution in [0.3, 0.4) is 0 Å². The van der Waals surface area contributed by atoms with Gasteiger partial charge in [0, 0.05) is 11.9 Å². The Morgan fingerprint density at radius 2 is 1.81 bits per heavy atom. The number of hydrogen-bond donors (Lipinski definition) is 3. The molecule has 6 heteroatoms. The lowest BCUT2D eigenvalue weighted by Crippen LogP contribution is -2.06. The molecule has 0 unspecified atom stereocenters. The number of aryl methyl sites for hydroxylation is 1. The van der Waals surface area contributed by atoms with E-state index < -0.39 is 5.97 Å². The third-order valence-corrected chi connectivity index (χ3v) is 4.24. The van der Waals surface area contributed by atoms with Gasteiger partial charge < -0.3 is 15.7 Å². The largest absolute Gasteiger partial charge is 0.478 e. The normalized spacial score (nSPS) is 10.7. The second-order valence-electron chi connectivity index (χ2n) is 6.56. The molecular formula is C21H22N4O2. The van der Waals surface area contributed by atoms with Crippen molar-refractivity contribution in [2.24, 2.45) is 0 Å². The number of carbonyl (C=O) groups is 1. The summed E-state index contributed by atoms with van der Waals surface area (Å²) in [5.74, 6) is 0.327. The van der Waals surface area contributed by atoms with E-state index in [0.717, 1.165) is 11.3 Å². The van der Waals surface area contributed by atoms with Gasteiger partial charge in [-0.1, -0.05) is 44.2 Å². The number of aromatic carboxylic acids is 1. The molecule has 0 fully saturated rings. The standard InChI is InChI=1S/C21H22N4O2/c1-13(2)15-9-6-7-14(3)19(15)25-21-22-12-11-18(24-21)23-17-10-5-4-8-16(17)20(26)27/h4-13H,1-3H3,(H,26,27)(H2,22,23,24,25). The van der Waals surface area contributed by atoms with Crippen molar-refractivity contribution in [3.05, 3.63) is 71.4 Å². The first kappa shape index (κ1) is 18.4. The number of carboxylic acids is 1. The highest BCUT2D eigenvalue weighted by molar-refractivity contribution is 5.95. The fourth-order valence-corrected chi connectivity index (χ4v) is 2.86. The summed E-state index contributed by atoms with van der Waals surface area (Å²) in [6, 6.07) is 14.6. The SMILES string of the molecule is Cc1cccc(C(C)C)c1Nc1nccc(Nc2ccccc2C(=O)O)n1. The summed E-state index contributed by atoms with van der Waals surface area (Å²) < 4.78 is 0. The first-order valence-electron chi connectivity index (χ1n) is 8.74. The van der Waals surface area contributed by atoms with Gasteiger partial charge >= 0.3 is 5.97 Å². The van der Waals surface area contributed by atoms with Crippen LogP contribution in [0.5, 0.6) is 0 Å². The van der Waals surface area contributed by atoms with Gasteiger partial charge in [-0.25, -0.2) is 9.78 Å². The maximum atomic E-state index is 11.4. The van der Waals surface area contributed by atoms with Crippen LogP contribution >= 0.6 is 0 Å². The van der Waals surface area contributed by atoms with Gasteiger partial charge in [0.2, 0.25) is 5.95 Å². The van der Waals surface area contributed by atoms with Crippen LogP contribution < -0.4 is 10.6 Å². The number of nitrogens with one attached hydrogen (secondary N) is 2. The van der Waals surface area contributed by atoms with Crippen LogP contribution in [0.15, 0.2) is 54.7 Å². The number of hydrogen-bond acceptors (Lipinski definition) is 5. The minimum absolute atomic E-state index is 0.187. The fourth-order valence-electron chi connectivity index (χ4n) is 2.86. The van der Waals surface area contributed by atoms with E-state index >= 15 is 0 Å². The fraction of sp³-hybridized carbons (Fsp3) is 0.190. The number of rotatable bonds is 6. The summed E-state index contributed by atoms with van der Waals surface area (Å²) in [6.07, 6.45) is 1.63. The van der Waals surface area contributed by atoms with Crippen molar-refractivity contribution in [2.75, 3.05) is 10.6 Å². The Labute approximate surface area is 158 Å². The lowest BCUT2D eigenvalue weighted by Gasteiger charge is -2.17. The Kier molecular flexibility index (Phi) is 5.35. The van der Waals surface area contributed by atoms with Gasteiger partial charge in [-0.05, 0) is 42.2 Å². The smallest absolute Gasteiger partial charge is 0.337 e. The van der Waals surface area contributed by atoms with Crippen molar-refractivity contribution in [3.8, 4) is 0 Å². The van der Waals surface area contributed by atoms with Crippen LogP contribution in [0.25, 0.3) is 0 Å². The monoisotopic (exact) mass is 362 g/mol. The molecule has 0 amide bonds. The van der Waals surface area contributed by atoms with E-state index in [2.05, 4.69) is 40.5 Å². The molecule has 0 aliphatic heterocycles. The molecule has 0 atom stereocenters.